The van der Waals surface area contributed by atoms with E-state index in [4.69, 9.17) is 5.73 Å². The van der Waals surface area contributed by atoms with Crippen LogP contribution in [0.25, 0.3) is 0 Å². The summed E-state index contributed by atoms with van der Waals surface area (Å²) in [5.74, 6) is 0.446. The molecule has 5 heteroatoms. The largest absolute Gasteiger partial charge is 0.330 e. The SMILES string of the molecule is Cc1cnc(N2CC(CN)CC2=O)s1. The number of hydrogen-bond donors (Lipinski definition) is 1. The highest BCUT2D eigenvalue weighted by Crippen LogP contribution is 2.27. The molecule has 0 radical (unpaired) electrons. The fourth-order valence-electron chi connectivity index (χ4n) is 1.59. The first kappa shape index (κ1) is 9.61. The van der Waals surface area contributed by atoms with E-state index in [1.165, 1.54) is 0 Å². The van der Waals surface area contributed by atoms with Crippen LogP contribution in [0.15, 0.2) is 6.20 Å². The molecule has 1 aliphatic heterocycles. The zero-order chi connectivity index (χ0) is 10.1. The van der Waals surface area contributed by atoms with E-state index >= 15 is 0 Å². The Bertz CT molecular complexity index is 350. The summed E-state index contributed by atoms with van der Waals surface area (Å²) in [6.07, 6.45) is 2.36. The molecular formula is C9H13N3OS. The molecule has 1 aromatic heterocycles. The third-order valence-corrected chi connectivity index (χ3v) is 3.31. The molecule has 0 saturated carbocycles. The van der Waals surface area contributed by atoms with E-state index in [0.717, 1.165) is 16.6 Å². The number of anilines is 1. The molecule has 0 bridgehead atoms. The van der Waals surface area contributed by atoms with E-state index in [9.17, 15) is 4.79 Å². The lowest BCUT2D eigenvalue weighted by Crippen LogP contribution is -2.25. The average molecular weight is 211 g/mol. The lowest BCUT2D eigenvalue weighted by atomic mass is 10.1. The van der Waals surface area contributed by atoms with Gasteiger partial charge in [-0.25, -0.2) is 4.98 Å². The Morgan fingerprint density at radius 3 is 3.07 bits per heavy atom. The van der Waals surface area contributed by atoms with Crippen molar-refractivity contribution in [3.8, 4) is 0 Å². The number of rotatable bonds is 2. The van der Waals surface area contributed by atoms with Gasteiger partial charge in [-0.1, -0.05) is 0 Å². The number of hydrogen-bond acceptors (Lipinski definition) is 4. The molecule has 1 atom stereocenters. The van der Waals surface area contributed by atoms with Gasteiger partial charge >= 0.3 is 0 Å². The second kappa shape index (κ2) is 3.67. The topological polar surface area (TPSA) is 59.2 Å². The van der Waals surface area contributed by atoms with Crippen LogP contribution in [0.2, 0.25) is 0 Å². The van der Waals surface area contributed by atoms with Gasteiger partial charge in [0.1, 0.15) is 0 Å². The van der Waals surface area contributed by atoms with Gasteiger partial charge < -0.3 is 5.73 Å². The van der Waals surface area contributed by atoms with Gasteiger partial charge in [0.15, 0.2) is 5.13 Å². The van der Waals surface area contributed by atoms with Crippen molar-refractivity contribution in [3.05, 3.63) is 11.1 Å². The van der Waals surface area contributed by atoms with Gasteiger partial charge in [-0.2, -0.15) is 0 Å². The Morgan fingerprint density at radius 1 is 1.79 bits per heavy atom. The predicted octanol–water partition coefficient (Wildman–Crippen LogP) is 0.763. The van der Waals surface area contributed by atoms with Crippen molar-refractivity contribution in [1.82, 2.24) is 4.98 Å². The maximum Gasteiger partial charge on any atom is 0.229 e. The number of carbonyl (C=O) groups is 1. The van der Waals surface area contributed by atoms with E-state index < -0.39 is 0 Å². The minimum Gasteiger partial charge on any atom is -0.330 e. The van der Waals surface area contributed by atoms with Gasteiger partial charge in [-0.15, -0.1) is 11.3 Å². The highest BCUT2D eigenvalue weighted by atomic mass is 32.1. The Kier molecular flexibility index (Phi) is 2.52. The lowest BCUT2D eigenvalue weighted by molar-refractivity contribution is -0.117. The molecule has 0 aromatic carbocycles. The summed E-state index contributed by atoms with van der Waals surface area (Å²) in [6.45, 7) is 3.29. The van der Waals surface area contributed by atoms with Crippen molar-refractivity contribution in [2.75, 3.05) is 18.0 Å². The van der Waals surface area contributed by atoms with E-state index in [2.05, 4.69) is 4.98 Å². The zero-order valence-electron chi connectivity index (χ0n) is 8.06. The van der Waals surface area contributed by atoms with Crippen LogP contribution in [0.3, 0.4) is 0 Å². The van der Waals surface area contributed by atoms with Crippen LogP contribution in [-0.2, 0) is 4.79 Å². The van der Waals surface area contributed by atoms with E-state index in [1.54, 1.807) is 22.4 Å². The molecule has 1 saturated heterocycles. The van der Waals surface area contributed by atoms with Crippen molar-refractivity contribution >= 4 is 22.4 Å². The summed E-state index contributed by atoms with van der Waals surface area (Å²) >= 11 is 1.55. The van der Waals surface area contributed by atoms with E-state index in [0.29, 0.717) is 18.9 Å². The van der Waals surface area contributed by atoms with Crippen molar-refractivity contribution in [3.63, 3.8) is 0 Å². The molecule has 1 aromatic rings. The number of amides is 1. The summed E-state index contributed by atoms with van der Waals surface area (Å²) < 4.78 is 0. The van der Waals surface area contributed by atoms with Crippen LogP contribution in [0, 0.1) is 12.8 Å². The highest BCUT2D eigenvalue weighted by Gasteiger charge is 2.31. The molecular weight excluding hydrogens is 198 g/mol. The number of carbonyl (C=O) groups excluding carboxylic acids is 1. The normalized spacial score (nSPS) is 22.0. The van der Waals surface area contributed by atoms with Crippen LogP contribution in [0.4, 0.5) is 5.13 Å². The first-order valence-corrected chi connectivity index (χ1v) is 5.45. The van der Waals surface area contributed by atoms with Gasteiger partial charge in [0.2, 0.25) is 5.91 Å². The molecule has 4 nitrogen and oxygen atoms in total. The summed E-state index contributed by atoms with van der Waals surface area (Å²) in [5, 5.41) is 0.809. The van der Waals surface area contributed by atoms with Gasteiger partial charge in [-0.05, 0) is 19.4 Å². The smallest absolute Gasteiger partial charge is 0.229 e. The third-order valence-electron chi connectivity index (χ3n) is 2.38. The molecule has 2 rings (SSSR count). The fraction of sp³-hybridized carbons (Fsp3) is 0.556. The summed E-state index contributed by atoms with van der Waals surface area (Å²) in [7, 11) is 0. The maximum atomic E-state index is 11.6. The van der Waals surface area contributed by atoms with Crippen molar-refractivity contribution in [2.45, 2.75) is 13.3 Å². The summed E-state index contributed by atoms with van der Waals surface area (Å²) in [5.41, 5.74) is 5.55. The van der Waals surface area contributed by atoms with Crippen molar-refractivity contribution < 1.29 is 4.79 Å². The standard InChI is InChI=1S/C9H13N3OS/c1-6-4-11-9(14-6)12-5-7(3-10)2-8(12)13/h4,7H,2-3,5,10H2,1H3. The van der Waals surface area contributed by atoms with Crippen LogP contribution in [-0.4, -0.2) is 24.0 Å². The minimum absolute atomic E-state index is 0.148. The van der Waals surface area contributed by atoms with Crippen LogP contribution in [0.5, 0.6) is 0 Å². The maximum absolute atomic E-state index is 11.6. The number of nitrogens with zero attached hydrogens (tertiary/aromatic N) is 2. The number of aromatic nitrogens is 1. The number of aryl methyl sites for hydroxylation is 1. The van der Waals surface area contributed by atoms with Crippen molar-refractivity contribution in [2.24, 2.45) is 11.7 Å². The third kappa shape index (κ3) is 1.65. The zero-order valence-corrected chi connectivity index (χ0v) is 8.88. The second-order valence-electron chi connectivity index (χ2n) is 3.56. The molecule has 0 spiro atoms. The van der Waals surface area contributed by atoms with Crippen LogP contribution in [0.1, 0.15) is 11.3 Å². The van der Waals surface area contributed by atoms with E-state index in [1.807, 2.05) is 6.92 Å². The Hall–Kier alpha value is -0.940. The van der Waals surface area contributed by atoms with Gasteiger partial charge in [0.05, 0.1) is 0 Å². The molecule has 1 fully saturated rings. The molecule has 1 amide bonds. The van der Waals surface area contributed by atoms with E-state index in [-0.39, 0.29) is 5.91 Å². The molecule has 2 heterocycles. The molecule has 1 unspecified atom stereocenters. The lowest BCUT2D eigenvalue weighted by Gasteiger charge is -2.11. The minimum atomic E-state index is 0.148. The van der Waals surface area contributed by atoms with Crippen molar-refractivity contribution in [1.29, 1.82) is 0 Å². The molecule has 1 aliphatic rings. The van der Waals surface area contributed by atoms with Gasteiger partial charge in [0, 0.05) is 24.0 Å². The van der Waals surface area contributed by atoms with Gasteiger partial charge in [0.25, 0.3) is 0 Å². The van der Waals surface area contributed by atoms with Gasteiger partial charge in [-0.3, -0.25) is 9.69 Å². The second-order valence-corrected chi connectivity index (χ2v) is 4.78. The quantitative estimate of drug-likeness (QED) is 0.785. The molecule has 0 aliphatic carbocycles. The highest BCUT2D eigenvalue weighted by molar-refractivity contribution is 7.15. The monoisotopic (exact) mass is 211 g/mol. The molecule has 14 heavy (non-hydrogen) atoms. The Labute approximate surface area is 86.7 Å². The number of nitrogens with two attached hydrogens (primary N) is 1. The molecule has 2 N–H and O–H groups in total. The first-order chi connectivity index (χ1) is 6.70. The van der Waals surface area contributed by atoms with Crippen LogP contribution >= 0.6 is 11.3 Å². The summed E-state index contributed by atoms with van der Waals surface area (Å²) in [6, 6.07) is 0. The molecule has 76 valence electrons. The predicted molar refractivity (Wildman–Crippen MR) is 56.4 cm³/mol. The Balaban J connectivity index is 2.16. The first-order valence-electron chi connectivity index (χ1n) is 4.63. The van der Waals surface area contributed by atoms with Crippen LogP contribution < -0.4 is 10.6 Å². The number of thiazole rings is 1. The summed E-state index contributed by atoms with van der Waals surface area (Å²) in [4.78, 5) is 18.7. The average Bonchev–Trinajstić information content (AvgIpc) is 2.71. The Morgan fingerprint density at radius 2 is 2.57 bits per heavy atom. The fourth-order valence-corrected chi connectivity index (χ4v) is 2.38.